The lowest BCUT2D eigenvalue weighted by atomic mass is 9.80. The average Bonchev–Trinajstić information content (AvgIpc) is 2.45. The highest BCUT2D eigenvalue weighted by Crippen LogP contribution is 2.37. The van der Waals surface area contributed by atoms with E-state index in [0.29, 0.717) is 10.5 Å². The summed E-state index contributed by atoms with van der Waals surface area (Å²) in [4.78, 5) is 3.98. The predicted molar refractivity (Wildman–Crippen MR) is 74.4 cm³/mol. The largest absolute Gasteiger partial charge is 0.498 e. The van der Waals surface area contributed by atoms with Crippen molar-refractivity contribution in [1.29, 1.82) is 0 Å². The number of nitrogen functional groups attached to an aromatic ring is 1. The maximum atomic E-state index is 6.15. The molecule has 98 valence electrons. The summed E-state index contributed by atoms with van der Waals surface area (Å²) in [6.45, 7) is 7.86. The normalized spacial score (nSPS) is 21.3. The maximum absolute atomic E-state index is 6.15. The molecule has 0 saturated carbocycles. The van der Waals surface area contributed by atoms with Crippen LogP contribution < -0.4 is 11.2 Å². The minimum Gasteiger partial charge on any atom is -0.399 e. The van der Waals surface area contributed by atoms with Crippen LogP contribution in [-0.2, 0) is 9.31 Å². The SMILES string of the molecule is CC1(C)OB(c2cnc(N)c(Cl)c2Cl)OC1(C)C. The molecular formula is C11H15BCl2N2O2. The molecule has 0 aromatic carbocycles. The molecule has 0 unspecified atom stereocenters. The minimum atomic E-state index is -0.590. The van der Waals surface area contributed by atoms with Gasteiger partial charge in [-0.05, 0) is 27.7 Å². The quantitative estimate of drug-likeness (QED) is 0.806. The van der Waals surface area contributed by atoms with Gasteiger partial charge in [-0.15, -0.1) is 0 Å². The molecule has 1 aliphatic heterocycles. The van der Waals surface area contributed by atoms with E-state index in [1.165, 1.54) is 6.20 Å². The van der Waals surface area contributed by atoms with Gasteiger partial charge in [-0.3, -0.25) is 0 Å². The van der Waals surface area contributed by atoms with E-state index in [2.05, 4.69) is 4.98 Å². The van der Waals surface area contributed by atoms with Crippen LogP contribution in [0.15, 0.2) is 6.20 Å². The second-order valence-corrected chi connectivity index (χ2v) is 6.07. The summed E-state index contributed by atoms with van der Waals surface area (Å²) in [5.41, 5.74) is 5.31. The first kappa shape index (κ1) is 13.9. The van der Waals surface area contributed by atoms with Crippen molar-refractivity contribution in [1.82, 2.24) is 4.98 Å². The van der Waals surface area contributed by atoms with Gasteiger partial charge in [0, 0.05) is 11.7 Å². The van der Waals surface area contributed by atoms with Crippen molar-refractivity contribution in [3.8, 4) is 0 Å². The van der Waals surface area contributed by atoms with Gasteiger partial charge in [0.15, 0.2) is 0 Å². The standard InChI is InChI=1S/C11H15BCl2N2O2/c1-10(2)11(3,4)18-12(17-10)6-5-16-9(15)8(14)7(6)13/h5H,1-4H3,(H2,15,16). The van der Waals surface area contributed by atoms with E-state index in [0.717, 1.165) is 0 Å². The third-order valence-corrected chi connectivity index (χ3v) is 4.41. The lowest BCUT2D eigenvalue weighted by Gasteiger charge is -2.32. The van der Waals surface area contributed by atoms with Crippen molar-refractivity contribution in [3.63, 3.8) is 0 Å². The van der Waals surface area contributed by atoms with Gasteiger partial charge in [0.2, 0.25) is 0 Å². The van der Waals surface area contributed by atoms with Crippen LogP contribution >= 0.6 is 23.2 Å². The third-order valence-electron chi connectivity index (χ3n) is 3.52. The van der Waals surface area contributed by atoms with Crippen molar-refractivity contribution >= 4 is 41.6 Å². The number of nitrogens with zero attached hydrogens (tertiary/aromatic N) is 1. The number of hydrogen-bond donors (Lipinski definition) is 1. The molecule has 1 saturated heterocycles. The Morgan fingerprint density at radius 2 is 1.61 bits per heavy atom. The van der Waals surface area contributed by atoms with Gasteiger partial charge < -0.3 is 15.0 Å². The van der Waals surface area contributed by atoms with Crippen molar-refractivity contribution in [3.05, 3.63) is 16.2 Å². The maximum Gasteiger partial charge on any atom is 0.498 e. The van der Waals surface area contributed by atoms with Gasteiger partial charge in [-0.25, -0.2) is 4.98 Å². The number of hydrogen-bond acceptors (Lipinski definition) is 4. The predicted octanol–water partition coefficient (Wildman–Crippen LogP) is 2.27. The highest BCUT2D eigenvalue weighted by atomic mass is 35.5. The van der Waals surface area contributed by atoms with Crippen molar-refractivity contribution in [2.45, 2.75) is 38.9 Å². The second kappa shape index (κ2) is 4.27. The van der Waals surface area contributed by atoms with Gasteiger partial charge in [-0.2, -0.15) is 0 Å². The summed E-state index contributed by atoms with van der Waals surface area (Å²) in [6.07, 6.45) is 1.53. The van der Waals surface area contributed by atoms with Gasteiger partial charge in [0.25, 0.3) is 0 Å². The molecule has 0 amide bonds. The van der Waals surface area contributed by atoms with E-state index in [4.69, 9.17) is 38.2 Å². The van der Waals surface area contributed by atoms with Gasteiger partial charge >= 0.3 is 7.12 Å². The zero-order valence-corrected chi connectivity index (χ0v) is 12.3. The topological polar surface area (TPSA) is 57.4 Å². The fourth-order valence-corrected chi connectivity index (χ4v) is 2.02. The van der Waals surface area contributed by atoms with Crippen LogP contribution in [0.5, 0.6) is 0 Å². The van der Waals surface area contributed by atoms with Gasteiger partial charge in [-0.1, -0.05) is 23.2 Å². The Morgan fingerprint density at radius 1 is 1.11 bits per heavy atom. The summed E-state index contributed by atoms with van der Waals surface area (Å²) in [6, 6.07) is 0. The second-order valence-electron chi connectivity index (χ2n) is 5.31. The molecule has 1 aromatic rings. The molecular weight excluding hydrogens is 274 g/mol. The van der Waals surface area contributed by atoms with E-state index < -0.39 is 18.3 Å². The summed E-state index contributed by atoms with van der Waals surface area (Å²) in [5, 5.41) is 0.548. The molecule has 0 spiro atoms. The molecule has 0 aliphatic carbocycles. The number of anilines is 1. The molecule has 2 rings (SSSR count). The van der Waals surface area contributed by atoms with Crippen LogP contribution in [0.25, 0.3) is 0 Å². The first-order valence-electron chi connectivity index (χ1n) is 5.61. The smallest absolute Gasteiger partial charge is 0.399 e. The molecule has 2 heterocycles. The molecule has 0 atom stereocenters. The highest BCUT2D eigenvalue weighted by molar-refractivity contribution is 6.66. The first-order chi connectivity index (χ1) is 8.16. The lowest BCUT2D eigenvalue weighted by molar-refractivity contribution is 0.00578. The van der Waals surface area contributed by atoms with Crippen LogP contribution in [-0.4, -0.2) is 23.3 Å². The Balaban J connectivity index is 2.39. The Morgan fingerprint density at radius 3 is 2.11 bits per heavy atom. The van der Waals surface area contributed by atoms with Crippen molar-refractivity contribution < 1.29 is 9.31 Å². The Hall–Kier alpha value is -0.485. The number of aromatic nitrogens is 1. The summed E-state index contributed by atoms with van der Waals surface area (Å²) >= 11 is 12.1. The molecule has 18 heavy (non-hydrogen) atoms. The number of halogens is 2. The van der Waals surface area contributed by atoms with E-state index in [9.17, 15) is 0 Å². The van der Waals surface area contributed by atoms with Crippen LogP contribution in [0, 0.1) is 0 Å². The Bertz CT molecular complexity index is 478. The number of rotatable bonds is 1. The molecule has 1 aliphatic rings. The fourth-order valence-electron chi connectivity index (χ4n) is 1.63. The molecule has 0 bridgehead atoms. The Kier molecular flexibility index (Phi) is 3.31. The summed E-state index contributed by atoms with van der Waals surface area (Å²) in [5.74, 6) is 0.196. The lowest BCUT2D eigenvalue weighted by Crippen LogP contribution is -2.41. The molecule has 0 radical (unpaired) electrons. The minimum absolute atomic E-state index is 0.196. The van der Waals surface area contributed by atoms with E-state index >= 15 is 0 Å². The molecule has 1 aromatic heterocycles. The van der Waals surface area contributed by atoms with E-state index in [1.54, 1.807) is 0 Å². The summed E-state index contributed by atoms with van der Waals surface area (Å²) in [7, 11) is -0.590. The zero-order valence-electron chi connectivity index (χ0n) is 10.8. The molecule has 2 N–H and O–H groups in total. The third kappa shape index (κ3) is 2.09. The van der Waals surface area contributed by atoms with Crippen molar-refractivity contribution in [2.75, 3.05) is 5.73 Å². The number of nitrogens with two attached hydrogens (primary N) is 1. The fraction of sp³-hybridized carbons (Fsp3) is 0.545. The van der Waals surface area contributed by atoms with E-state index in [1.807, 2.05) is 27.7 Å². The number of pyridine rings is 1. The van der Waals surface area contributed by atoms with E-state index in [-0.39, 0.29) is 10.8 Å². The molecule has 1 fully saturated rings. The molecule has 4 nitrogen and oxygen atoms in total. The zero-order chi connectivity index (χ0) is 13.7. The van der Waals surface area contributed by atoms with Crippen molar-refractivity contribution in [2.24, 2.45) is 0 Å². The highest BCUT2D eigenvalue weighted by Gasteiger charge is 2.52. The summed E-state index contributed by atoms with van der Waals surface area (Å²) < 4.78 is 11.8. The average molecular weight is 289 g/mol. The van der Waals surface area contributed by atoms with Gasteiger partial charge in [0.05, 0.1) is 16.2 Å². The Labute approximate surface area is 117 Å². The first-order valence-corrected chi connectivity index (χ1v) is 6.36. The van der Waals surface area contributed by atoms with Crippen LogP contribution in [0.2, 0.25) is 10.0 Å². The van der Waals surface area contributed by atoms with Crippen LogP contribution in [0.1, 0.15) is 27.7 Å². The van der Waals surface area contributed by atoms with Gasteiger partial charge in [0.1, 0.15) is 10.8 Å². The molecule has 7 heteroatoms. The monoisotopic (exact) mass is 288 g/mol. The van der Waals surface area contributed by atoms with Crippen LogP contribution in [0.4, 0.5) is 5.82 Å². The van der Waals surface area contributed by atoms with Crippen LogP contribution in [0.3, 0.4) is 0 Å².